The molecule has 0 aromatic carbocycles. The van der Waals surface area contributed by atoms with Gasteiger partial charge in [0, 0.05) is 18.4 Å². The minimum Gasteiger partial charge on any atom is -0.310 e. The third-order valence-corrected chi connectivity index (χ3v) is 3.29. The van der Waals surface area contributed by atoms with Crippen LogP contribution in [0.25, 0.3) is 0 Å². The van der Waals surface area contributed by atoms with E-state index in [1.54, 1.807) is 0 Å². The van der Waals surface area contributed by atoms with Gasteiger partial charge in [0.25, 0.3) is 0 Å². The highest BCUT2D eigenvalue weighted by atomic mass is 32.2. The maximum atomic E-state index is 4.12. The number of nitrogens with zero attached hydrogens (tertiary/aromatic N) is 1. The van der Waals surface area contributed by atoms with E-state index in [0.29, 0.717) is 6.04 Å². The summed E-state index contributed by atoms with van der Waals surface area (Å²) < 4.78 is 0. The van der Waals surface area contributed by atoms with Crippen molar-refractivity contribution in [1.29, 1.82) is 0 Å². The SMILES string of the molecule is CCSCCCN[C@H](C)c1cccnc1. The lowest BCUT2D eigenvalue weighted by Gasteiger charge is -2.13. The molecule has 84 valence electrons. The highest BCUT2D eigenvalue weighted by Crippen LogP contribution is 2.09. The Morgan fingerprint density at radius 3 is 3.07 bits per heavy atom. The van der Waals surface area contributed by atoms with Gasteiger partial charge in [-0.3, -0.25) is 4.98 Å². The number of aromatic nitrogens is 1. The van der Waals surface area contributed by atoms with E-state index in [4.69, 9.17) is 0 Å². The molecule has 0 radical (unpaired) electrons. The largest absolute Gasteiger partial charge is 0.310 e. The van der Waals surface area contributed by atoms with Crippen LogP contribution in [0.5, 0.6) is 0 Å². The lowest BCUT2D eigenvalue weighted by atomic mass is 10.1. The van der Waals surface area contributed by atoms with Crippen molar-refractivity contribution in [3.63, 3.8) is 0 Å². The van der Waals surface area contributed by atoms with Crippen molar-refractivity contribution in [2.24, 2.45) is 0 Å². The van der Waals surface area contributed by atoms with E-state index in [9.17, 15) is 0 Å². The standard InChI is InChI=1S/C12H20N2S/c1-3-15-9-5-8-14-11(2)12-6-4-7-13-10-12/h4,6-7,10-11,14H,3,5,8-9H2,1-2H3/t11-/m1/s1. The van der Waals surface area contributed by atoms with Crippen LogP contribution in [0.15, 0.2) is 24.5 Å². The number of hydrogen-bond acceptors (Lipinski definition) is 3. The first-order chi connectivity index (χ1) is 7.34. The second kappa shape index (κ2) is 7.71. The Labute approximate surface area is 96.9 Å². The zero-order valence-corrected chi connectivity index (χ0v) is 10.4. The minimum atomic E-state index is 0.408. The molecule has 1 heterocycles. The smallest absolute Gasteiger partial charge is 0.0315 e. The Balaban J connectivity index is 2.16. The Morgan fingerprint density at radius 2 is 2.40 bits per heavy atom. The quantitative estimate of drug-likeness (QED) is 0.721. The number of rotatable bonds is 7. The average molecular weight is 224 g/mol. The number of pyridine rings is 1. The van der Waals surface area contributed by atoms with Gasteiger partial charge in [-0.1, -0.05) is 13.0 Å². The molecule has 0 aliphatic rings. The molecule has 1 atom stereocenters. The summed E-state index contributed by atoms with van der Waals surface area (Å²) in [4.78, 5) is 4.12. The van der Waals surface area contributed by atoms with Crippen molar-refractivity contribution in [1.82, 2.24) is 10.3 Å². The zero-order chi connectivity index (χ0) is 10.9. The van der Waals surface area contributed by atoms with Crippen molar-refractivity contribution in [2.75, 3.05) is 18.1 Å². The fourth-order valence-corrected chi connectivity index (χ4v) is 2.02. The zero-order valence-electron chi connectivity index (χ0n) is 9.57. The molecule has 0 unspecified atom stereocenters. The van der Waals surface area contributed by atoms with Gasteiger partial charge in [-0.2, -0.15) is 11.8 Å². The van der Waals surface area contributed by atoms with Crippen LogP contribution in [-0.4, -0.2) is 23.0 Å². The van der Waals surface area contributed by atoms with Crippen molar-refractivity contribution >= 4 is 11.8 Å². The van der Waals surface area contributed by atoms with Crippen molar-refractivity contribution in [2.45, 2.75) is 26.3 Å². The van der Waals surface area contributed by atoms with Crippen LogP contribution in [0.4, 0.5) is 0 Å². The fraction of sp³-hybridized carbons (Fsp3) is 0.583. The van der Waals surface area contributed by atoms with Crippen LogP contribution >= 0.6 is 11.8 Å². The Bertz CT molecular complexity index is 251. The monoisotopic (exact) mass is 224 g/mol. The van der Waals surface area contributed by atoms with Gasteiger partial charge < -0.3 is 5.32 Å². The van der Waals surface area contributed by atoms with Crippen LogP contribution in [0.3, 0.4) is 0 Å². The van der Waals surface area contributed by atoms with Crippen LogP contribution in [0, 0.1) is 0 Å². The summed E-state index contributed by atoms with van der Waals surface area (Å²) in [7, 11) is 0. The first kappa shape index (κ1) is 12.5. The Morgan fingerprint density at radius 1 is 1.53 bits per heavy atom. The summed E-state index contributed by atoms with van der Waals surface area (Å²) in [6, 6.07) is 4.51. The van der Waals surface area contributed by atoms with Crippen LogP contribution in [0.1, 0.15) is 31.9 Å². The summed E-state index contributed by atoms with van der Waals surface area (Å²) in [6.45, 7) is 5.48. The molecule has 1 aromatic heterocycles. The first-order valence-electron chi connectivity index (χ1n) is 5.55. The topological polar surface area (TPSA) is 24.9 Å². The molecule has 1 aromatic rings. The molecule has 0 amide bonds. The first-order valence-corrected chi connectivity index (χ1v) is 6.71. The number of nitrogens with one attached hydrogen (secondary N) is 1. The van der Waals surface area contributed by atoms with Gasteiger partial charge in [0.2, 0.25) is 0 Å². The highest BCUT2D eigenvalue weighted by Gasteiger charge is 2.02. The molecule has 0 saturated carbocycles. The van der Waals surface area contributed by atoms with Crippen molar-refractivity contribution in [3.05, 3.63) is 30.1 Å². The molecular weight excluding hydrogens is 204 g/mol. The van der Waals surface area contributed by atoms with Crippen LogP contribution < -0.4 is 5.32 Å². The third kappa shape index (κ3) is 5.19. The van der Waals surface area contributed by atoms with E-state index in [-0.39, 0.29) is 0 Å². The maximum absolute atomic E-state index is 4.12. The van der Waals surface area contributed by atoms with Crippen LogP contribution in [0.2, 0.25) is 0 Å². The van der Waals surface area contributed by atoms with E-state index < -0.39 is 0 Å². The molecule has 0 aliphatic carbocycles. The third-order valence-electron chi connectivity index (χ3n) is 2.30. The molecule has 0 aliphatic heterocycles. The van der Waals surface area contributed by atoms with Gasteiger partial charge in [0.15, 0.2) is 0 Å². The molecule has 0 bridgehead atoms. The highest BCUT2D eigenvalue weighted by molar-refractivity contribution is 7.99. The van der Waals surface area contributed by atoms with Gasteiger partial charge in [0.1, 0.15) is 0 Å². The molecule has 15 heavy (non-hydrogen) atoms. The van der Waals surface area contributed by atoms with E-state index in [0.717, 1.165) is 6.54 Å². The second-order valence-electron chi connectivity index (χ2n) is 3.51. The summed E-state index contributed by atoms with van der Waals surface area (Å²) in [5, 5.41) is 3.50. The second-order valence-corrected chi connectivity index (χ2v) is 4.91. The van der Waals surface area contributed by atoms with E-state index in [1.807, 2.05) is 30.2 Å². The molecule has 1 N–H and O–H groups in total. The Kier molecular flexibility index (Phi) is 6.44. The molecule has 0 saturated heterocycles. The molecule has 2 nitrogen and oxygen atoms in total. The molecule has 3 heteroatoms. The molecular formula is C12H20N2S. The Hall–Kier alpha value is -0.540. The normalized spacial score (nSPS) is 12.7. The predicted octanol–water partition coefficient (Wildman–Crippen LogP) is 2.88. The van der Waals surface area contributed by atoms with Gasteiger partial charge in [-0.05, 0) is 43.0 Å². The summed E-state index contributed by atoms with van der Waals surface area (Å²) in [5.74, 6) is 2.47. The molecule has 1 rings (SSSR count). The summed E-state index contributed by atoms with van der Waals surface area (Å²) >= 11 is 2.00. The van der Waals surface area contributed by atoms with E-state index in [1.165, 1.54) is 23.5 Å². The predicted molar refractivity (Wildman–Crippen MR) is 68.3 cm³/mol. The van der Waals surface area contributed by atoms with Gasteiger partial charge >= 0.3 is 0 Å². The van der Waals surface area contributed by atoms with Crippen molar-refractivity contribution in [3.8, 4) is 0 Å². The average Bonchev–Trinajstić information content (AvgIpc) is 2.30. The van der Waals surface area contributed by atoms with Crippen LogP contribution in [-0.2, 0) is 0 Å². The number of thioether (sulfide) groups is 1. The van der Waals surface area contributed by atoms with E-state index >= 15 is 0 Å². The molecule has 0 fully saturated rings. The lowest BCUT2D eigenvalue weighted by Crippen LogP contribution is -2.20. The van der Waals surface area contributed by atoms with E-state index in [2.05, 4.69) is 30.2 Å². The van der Waals surface area contributed by atoms with Gasteiger partial charge in [-0.15, -0.1) is 0 Å². The lowest BCUT2D eigenvalue weighted by molar-refractivity contribution is 0.571. The van der Waals surface area contributed by atoms with Crippen molar-refractivity contribution < 1.29 is 0 Å². The summed E-state index contributed by atoms with van der Waals surface area (Å²) in [6.07, 6.45) is 4.98. The van der Waals surface area contributed by atoms with Gasteiger partial charge in [0.05, 0.1) is 0 Å². The fourth-order valence-electron chi connectivity index (χ4n) is 1.39. The van der Waals surface area contributed by atoms with Gasteiger partial charge in [-0.25, -0.2) is 0 Å². The minimum absolute atomic E-state index is 0.408. The maximum Gasteiger partial charge on any atom is 0.0315 e. The number of hydrogen-bond donors (Lipinski definition) is 1. The molecule has 0 spiro atoms. The summed E-state index contributed by atoms with van der Waals surface area (Å²) in [5.41, 5.74) is 1.26.